The molecule has 0 saturated carbocycles. The number of fused-ring (bicyclic) bond motifs is 1. The number of ether oxygens (including phenoxy) is 1. The van der Waals surface area contributed by atoms with Crippen LogP contribution in [0.1, 0.15) is 37.9 Å². The largest absolute Gasteiger partial charge is 0.465 e. The summed E-state index contributed by atoms with van der Waals surface area (Å²) >= 11 is 0. The third-order valence-corrected chi connectivity index (χ3v) is 4.80. The summed E-state index contributed by atoms with van der Waals surface area (Å²) in [7, 11) is 0. The van der Waals surface area contributed by atoms with Gasteiger partial charge in [0.1, 0.15) is 12.4 Å². The molecule has 0 amide bonds. The van der Waals surface area contributed by atoms with Gasteiger partial charge in [-0.05, 0) is 50.3 Å². The lowest BCUT2D eigenvalue weighted by Crippen LogP contribution is -3.18. The lowest BCUT2D eigenvalue weighted by molar-refractivity contribution is -0.940. The SMILES string of the molecule is O=C(/C=C/c1ccco1)OC[C@@H]1CCC[NH+]2CCCC[C@H]12. The van der Waals surface area contributed by atoms with E-state index in [1.54, 1.807) is 23.3 Å². The Morgan fingerprint density at radius 2 is 2.24 bits per heavy atom. The second kappa shape index (κ2) is 6.94. The van der Waals surface area contributed by atoms with Gasteiger partial charge in [0.25, 0.3) is 0 Å². The maximum Gasteiger partial charge on any atom is 0.330 e. The lowest BCUT2D eigenvalue weighted by Gasteiger charge is -2.40. The zero-order chi connectivity index (χ0) is 14.5. The summed E-state index contributed by atoms with van der Waals surface area (Å²) in [5, 5.41) is 0. The first-order valence-corrected chi connectivity index (χ1v) is 8.06. The van der Waals surface area contributed by atoms with E-state index < -0.39 is 0 Å². The summed E-state index contributed by atoms with van der Waals surface area (Å²) in [6, 6.07) is 4.32. The smallest absolute Gasteiger partial charge is 0.330 e. The van der Waals surface area contributed by atoms with Gasteiger partial charge in [0.15, 0.2) is 0 Å². The van der Waals surface area contributed by atoms with Crippen LogP contribution in [0.25, 0.3) is 6.08 Å². The first kappa shape index (κ1) is 14.4. The molecule has 2 fully saturated rings. The Labute approximate surface area is 125 Å². The number of hydrogen-bond donors (Lipinski definition) is 1. The van der Waals surface area contributed by atoms with Gasteiger partial charge in [0.05, 0.1) is 25.4 Å². The molecule has 2 aliphatic heterocycles. The highest BCUT2D eigenvalue weighted by Crippen LogP contribution is 2.20. The van der Waals surface area contributed by atoms with Gasteiger partial charge in [-0.25, -0.2) is 4.79 Å². The zero-order valence-electron chi connectivity index (χ0n) is 12.4. The second-order valence-corrected chi connectivity index (χ2v) is 6.14. The van der Waals surface area contributed by atoms with Crippen molar-refractivity contribution in [2.75, 3.05) is 19.7 Å². The molecule has 3 atom stereocenters. The molecule has 2 saturated heterocycles. The molecule has 0 aromatic carbocycles. The minimum atomic E-state index is -0.269. The van der Waals surface area contributed by atoms with Crippen molar-refractivity contribution < 1.29 is 18.8 Å². The van der Waals surface area contributed by atoms with E-state index >= 15 is 0 Å². The molecule has 1 N–H and O–H groups in total. The van der Waals surface area contributed by atoms with Crippen LogP contribution in [0.2, 0.25) is 0 Å². The number of nitrogens with one attached hydrogen (secondary N) is 1. The Balaban J connectivity index is 1.48. The molecule has 114 valence electrons. The number of furan rings is 1. The van der Waals surface area contributed by atoms with Crippen LogP contribution >= 0.6 is 0 Å². The van der Waals surface area contributed by atoms with Crippen LogP contribution in [0.5, 0.6) is 0 Å². The van der Waals surface area contributed by atoms with Crippen LogP contribution in [0.4, 0.5) is 0 Å². The van der Waals surface area contributed by atoms with Crippen molar-refractivity contribution in [1.29, 1.82) is 0 Å². The molecule has 1 aromatic rings. The summed E-state index contributed by atoms with van der Waals surface area (Å²) < 4.78 is 10.6. The van der Waals surface area contributed by atoms with Crippen LogP contribution in [-0.4, -0.2) is 31.7 Å². The van der Waals surface area contributed by atoms with E-state index in [4.69, 9.17) is 9.15 Å². The van der Waals surface area contributed by atoms with Crippen molar-refractivity contribution in [3.8, 4) is 0 Å². The first-order valence-electron chi connectivity index (χ1n) is 8.06. The van der Waals surface area contributed by atoms with E-state index in [-0.39, 0.29) is 5.97 Å². The molecule has 4 nitrogen and oxygen atoms in total. The van der Waals surface area contributed by atoms with Gasteiger partial charge in [0, 0.05) is 12.0 Å². The Morgan fingerprint density at radius 1 is 1.33 bits per heavy atom. The Kier molecular flexibility index (Phi) is 4.76. The lowest BCUT2D eigenvalue weighted by atomic mass is 9.84. The normalized spacial score (nSPS) is 29.2. The van der Waals surface area contributed by atoms with Crippen LogP contribution in [0.3, 0.4) is 0 Å². The van der Waals surface area contributed by atoms with E-state index in [0.29, 0.717) is 24.3 Å². The second-order valence-electron chi connectivity index (χ2n) is 6.14. The summed E-state index contributed by atoms with van der Waals surface area (Å²) in [6.07, 6.45) is 11.1. The monoisotopic (exact) mass is 290 g/mol. The quantitative estimate of drug-likeness (QED) is 0.678. The predicted octanol–water partition coefficient (Wildman–Crippen LogP) is 1.68. The van der Waals surface area contributed by atoms with E-state index in [9.17, 15) is 4.79 Å². The Bertz CT molecular complexity index is 478. The Hall–Kier alpha value is -1.55. The molecule has 1 unspecified atom stereocenters. The van der Waals surface area contributed by atoms with Crippen molar-refractivity contribution >= 4 is 12.0 Å². The van der Waals surface area contributed by atoms with Crippen molar-refractivity contribution in [3.05, 3.63) is 30.2 Å². The molecular weight excluding hydrogens is 266 g/mol. The molecule has 3 rings (SSSR count). The average Bonchev–Trinajstić information content (AvgIpc) is 3.04. The molecule has 0 aliphatic carbocycles. The molecule has 21 heavy (non-hydrogen) atoms. The van der Waals surface area contributed by atoms with Crippen molar-refractivity contribution in [2.45, 2.75) is 38.1 Å². The number of hydrogen-bond acceptors (Lipinski definition) is 3. The third kappa shape index (κ3) is 3.76. The highest BCUT2D eigenvalue weighted by atomic mass is 16.5. The van der Waals surface area contributed by atoms with Crippen LogP contribution < -0.4 is 4.90 Å². The van der Waals surface area contributed by atoms with Crippen LogP contribution in [-0.2, 0) is 9.53 Å². The van der Waals surface area contributed by atoms with Gasteiger partial charge in [-0.3, -0.25) is 0 Å². The topological polar surface area (TPSA) is 43.9 Å². The molecule has 4 heteroatoms. The minimum Gasteiger partial charge on any atom is -0.465 e. The minimum absolute atomic E-state index is 0.269. The zero-order valence-corrected chi connectivity index (χ0v) is 12.4. The third-order valence-electron chi connectivity index (χ3n) is 4.80. The summed E-state index contributed by atoms with van der Waals surface area (Å²) in [5.41, 5.74) is 0. The van der Waals surface area contributed by atoms with Gasteiger partial charge >= 0.3 is 5.97 Å². The number of carbonyl (C=O) groups excluding carboxylic acids is 1. The van der Waals surface area contributed by atoms with E-state index in [2.05, 4.69) is 0 Å². The fourth-order valence-corrected chi connectivity index (χ4v) is 3.75. The number of piperidine rings is 2. The van der Waals surface area contributed by atoms with Crippen LogP contribution in [0.15, 0.2) is 28.9 Å². The Morgan fingerprint density at radius 3 is 3.10 bits per heavy atom. The predicted molar refractivity (Wildman–Crippen MR) is 79.8 cm³/mol. The van der Waals surface area contributed by atoms with Gasteiger partial charge < -0.3 is 14.1 Å². The van der Waals surface area contributed by atoms with Gasteiger partial charge in [-0.1, -0.05) is 0 Å². The van der Waals surface area contributed by atoms with E-state index in [1.165, 1.54) is 51.3 Å². The molecule has 3 heterocycles. The molecule has 2 aliphatic rings. The van der Waals surface area contributed by atoms with Crippen LogP contribution in [0, 0.1) is 5.92 Å². The fourth-order valence-electron chi connectivity index (χ4n) is 3.75. The summed E-state index contributed by atoms with van der Waals surface area (Å²) in [4.78, 5) is 13.5. The van der Waals surface area contributed by atoms with Crippen molar-refractivity contribution in [3.63, 3.8) is 0 Å². The number of esters is 1. The molecular formula is C17H24NO3+. The standard InChI is InChI=1S/C17H23NO3/c19-17(9-8-15-6-4-12-20-15)21-13-14-5-3-11-18-10-2-1-7-16(14)18/h4,6,8-9,12,14,16H,1-3,5,7,10-11,13H2/p+1/b9-8+/t14-,16+/m0/s1. The molecule has 1 aromatic heterocycles. The maximum atomic E-state index is 11.8. The van der Waals surface area contributed by atoms with Gasteiger partial charge in [0.2, 0.25) is 0 Å². The van der Waals surface area contributed by atoms with Gasteiger partial charge in [-0.2, -0.15) is 0 Å². The number of carbonyl (C=O) groups is 1. The highest BCUT2D eigenvalue weighted by molar-refractivity contribution is 5.86. The first-order chi connectivity index (χ1) is 10.3. The highest BCUT2D eigenvalue weighted by Gasteiger charge is 2.36. The molecule has 0 spiro atoms. The molecule has 0 bridgehead atoms. The van der Waals surface area contributed by atoms with E-state index in [1.807, 2.05) is 6.07 Å². The van der Waals surface area contributed by atoms with Crippen molar-refractivity contribution in [1.82, 2.24) is 0 Å². The van der Waals surface area contributed by atoms with E-state index in [0.717, 1.165) is 0 Å². The molecule has 0 radical (unpaired) electrons. The van der Waals surface area contributed by atoms with Crippen molar-refractivity contribution in [2.24, 2.45) is 5.92 Å². The maximum absolute atomic E-state index is 11.8. The fraction of sp³-hybridized carbons (Fsp3) is 0.588. The number of rotatable bonds is 4. The average molecular weight is 290 g/mol. The number of quaternary nitrogens is 1. The summed E-state index contributed by atoms with van der Waals surface area (Å²) in [6.45, 7) is 3.16. The summed E-state index contributed by atoms with van der Waals surface area (Å²) in [5.74, 6) is 0.942. The van der Waals surface area contributed by atoms with Gasteiger partial charge in [-0.15, -0.1) is 0 Å².